The third kappa shape index (κ3) is 2.56. The molecule has 6 heteroatoms. The summed E-state index contributed by atoms with van der Waals surface area (Å²) in [5.74, 6) is -0.298. The molecule has 1 aliphatic rings. The van der Waals surface area contributed by atoms with Crippen LogP contribution in [0.1, 0.15) is 17.2 Å². The molecule has 21 heavy (non-hydrogen) atoms. The standard InChI is InChI=1S/C15H11F3N2O/c16-15(17,18)10-7-5-9(6-8-10)13-14(21)20-12-4-2-1-3-11(12)19-13/h1-8,13,19H,(H,20,21). The predicted octanol–water partition coefficient (Wildman–Crippen LogP) is 3.81. The van der Waals surface area contributed by atoms with Crippen molar-refractivity contribution in [2.75, 3.05) is 10.6 Å². The van der Waals surface area contributed by atoms with Crippen LogP contribution < -0.4 is 10.6 Å². The Hall–Kier alpha value is -2.50. The first kappa shape index (κ1) is 13.5. The summed E-state index contributed by atoms with van der Waals surface area (Å²) in [6.07, 6.45) is -4.38. The minimum Gasteiger partial charge on any atom is -0.368 e. The summed E-state index contributed by atoms with van der Waals surface area (Å²) in [6.45, 7) is 0. The Morgan fingerprint density at radius 2 is 1.52 bits per heavy atom. The first-order valence-electron chi connectivity index (χ1n) is 6.29. The molecule has 108 valence electrons. The van der Waals surface area contributed by atoms with Gasteiger partial charge in [-0.05, 0) is 29.8 Å². The molecule has 0 spiro atoms. The van der Waals surface area contributed by atoms with Gasteiger partial charge in [-0.25, -0.2) is 0 Å². The zero-order chi connectivity index (χ0) is 15.0. The topological polar surface area (TPSA) is 41.1 Å². The van der Waals surface area contributed by atoms with Crippen molar-refractivity contribution >= 4 is 17.3 Å². The van der Waals surface area contributed by atoms with Gasteiger partial charge in [0.25, 0.3) is 5.91 Å². The molecule has 1 aliphatic heterocycles. The molecule has 0 saturated carbocycles. The van der Waals surface area contributed by atoms with E-state index in [1.165, 1.54) is 12.1 Å². The molecule has 3 nitrogen and oxygen atoms in total. The Labute approximate surface area is 118 Å². The first-order chi connectivity index (χ1) is 9.95. The van der Waals surface area contributed by atoms with Crippen LogP contribution in [0, 0.1) is 0 Å². The summed E-state index contributed by atoms with van der Waals surface area (Å²) in [5, 5.41) is 5.76. The smallest absolute Gasteiger partial charge is 0.368 e. The second-order valence-electron chi connectivity index (χ2n) is 4.73. The van der Waals surface area contributed by atoms with Gasteiger partial charge >= 0.3 is 6.18 Å². The lowest BCUT2D eigenvalue weighted by atomic mass is 10.0. The van der Waals surface area contributed by atoms with Gasteiger partial charge in [0.2, 0.25) is 0 Å². The fraction of sp³-hybridized carbons (Fsp3) is 0.133. The average molecular weight is 292 g/mol. The number of para-hydroxylation sites is 2. The van der Waals surface area contributed by atoms with Gasteiger partial charge in [-0.2, -0.15) is 13.2 Å². The highest BCUT2D eigenvalue weighted by Gasteiger charge is 2.31. The highest BCUT2D eigenvalue weighted by molar-refractivity contribution is 6.03. The van der Waals surface area contributed by atoms with Gasteiger partial charge in [0.15, 0.2) is 0 Å². The van der Waals surface area contributed by atoms with Crippen LogP contribution in [0.25, 0.3) is 0 Å². The van der Waals surface area contributed by atoms with Crippen LogP contribution >= 0.6 is 0 Å². The molecule has 0 saturated heterocycles. The van der Waals surface area contributed by atoms with Crippen molar-refractivity contribution in [1.82, 2.24) is 0 Å². The number of rotatable bonds is 1. The largest absolute Gasteiger partial charge is 0.416 e. The predicted molar refractivity (Wildman–Crippen MR) is 72.9 cm³/mol. The molecule has 0 aliphatic carbocycles. The molecule has 2 aromatic carbocycles. The van der Waals surface area contributed by atoms with Crippen LogP contribution in [0.2, 0.25) is 0 Å². The van der Waals surface area contributed by atoms with Crippen molar-refractivity contribution in [3.8, 4) is 0 Å². The van der Waals surface area contributed by atoms with Gasteiger partial charge in [-0.15, -0.1) is 0 Å². The van der Waals surface area contributed by atoms with E-state index in [0.717, 1.165) is 17.8 Å². The van der Waals surface area contributed by atoms with Crippen molar-refractivity contribution in [2.24, 2.45) is 0 Å². The van der Waals surface area contributed by atoms with Crippen LogP contribution in [0.5, 0.6) is 0 Å². The third-order valence-electron chi connectivity index (χ3n) is 3.32. The summed E-state index contributed by atoms with van der Waals surface area (Å²) in [7, 11) is 0. The number of nitrogens with one attached hydrogen (secondary N) is 2. The van der Waals surface area contributed by atoms with E-state index in [-0.39, 0.29) is 5.91 Å². The van der Waals surface area contributed by atoms with E-state index in [9.17, 15) is 18.0 Å². The zero-order valence-corrected chi connectivity index (χ0v) is 10.7. The van der Waals surface area contributed by atoms with Crippen LogP contribution in [0.15, 0.2) is 48.5 Å². The van der Waals surface area contributed by atoms with E-state index in [1.807, 2.05) is 6.07 Å². The summed E-state index contributed by atoms with van der Waals surface area (Å²) < 4.78 is 37.6. The van der Waals surface area contributed by atoms with Crippen LogP contribution in [-0.2, 0) is 11.0 Å². The highest BCUT2D eigenvalue weighted by Crippen LogP contribution is 2.34. The zero-order valence-electron chi connectivity index (χ0n) is 10.7. The van der Waals surface area contributed by atoms with Gasteiger partial charge in [-0.3, -0.25) is 4.79 Å². The number of benzene rings is 2. The average Bonchev–Trinajstić information content (AvgIpc) is 2.46. The molecule has 1 unspecified atom stereocenters. The van der Waals surface area contributed by atoms with Gasteiger partial charge in [0, 0.05) is 0 Å². The Morgan fingerprint density at radius 3 is 2.14 bits per heavy atom. The second kappa shape index (κ2) is 4.80. The van der Waals surface area contributed by atoms with Gasteiger partial charge in [0.1, 0.15) is 6.04 Å². The number of hydrogen-bond acceptors (Lipinski definition) is 2. The molecular formula is C15H11F3N2O. The number of hydrogen-bond donors (Lipinski definition) is 2. The fourth-order valence-electron chi connectivity index (χ4n) is 2.24. The number of amides is 1. The van der Waals surface area contributed by atoms with Gasteiger partial charge in [0.05, 0.1) is 16.9 Å². The van der Waals surface area contributed by atoms with E-state index in [0.29, 0.717) is 11.3 Å². The molecule has 0 aromatic heterocycles. The van der Waals surface area contributed by atoms with Crippen LogP contribution in [0.4, 0.5) is 24.5 Å². The normalized spacial score (nSPS) is 17.7. The minimum absolute atomic E-state index is 0.298. The van der Waals surface area contributed by atoms with Crippen molar-refractivity contribution in [1.29, 1.82) is 0 Å². The van der Waals surface area contributed by atoms with E-state index < -0.39 is 17.8 Å². The van der Waals surface area contributed by atoms with E-state index in [4.69, 9.17) is 0 Å². The number of fused-ring (bicyclic) bond motifs is 1. The van der Waals surface area contributed by atoms with Crippen molar-refractivity contribution in [3.63, 3.8) is 0 Å². The number of alkyl halides is 3. The quantitative estimate of drug-likeness (QED) is 0.839. The number of anilines is 2. The summed E-state index contributed by atoms with van der Waals surface area (Å²) in [5.41, 5.74) is 1.14. The summed E-state index contributed by atoms with van der Waals surface area (Å²) in [6, 6.07) is 11.0. The molecule has 2 N–H and O–H groups in total. The Bertz CT molecular complexity index is 680. The lowest BCUT2D eigenvalue weighted by Crippen LogP contribution is -2.31. The molecule has 0 bridgehead atoms. The number of carbonyl (C=O) groups is 1. The second-order valence-corrected chi connectivity index (χ2v) is 4.73. The molecule has 0 fully saturated rings. The molecule has 3 rings (SSSR count). The maximum Gasteiger partial charge on any atom is 0.416 e. The molecule has 1 atom stereocenters. The highest BCUT2D eigenvalue weighted by atomic mass is 19.4. The summed E-state index contributed by atoms with van der Waals surface area (Å²) in [4.78, 5) is 12.0. The molecule has 0 radical (unpaired) electrons. The lowest BCUT2D eigenvalue weighted by molar-refractivity contribution is -0.137. The van der Waals surface area contributed by atoms with Crippen LogP contribution in [-0.4, -0.2) is 5.91 Å². The van der Waals surface area contributed by atoms with Gasteiger partial charge in [-0.1, -0.05) is 24.3 Å². The van der Waals surface area contributed by atoms with E-state index in [1.54, 1.807) is 18.2 Å². The first-order valence-corrected chi connectivity index (χ1v) is 6.29. The minimum atomic E-state index is -4.38. The van der Waals surface area contributed by atoms with E-state index in [2.05, 4.69) is 10.6 Å². The van der Waals surface area contributed by atoms with E-state index >= 15 is 0 Å². The lowest BCUT2D eigenvalue weighted by Gasteiger charge is -2.27. The number of carbonyl (C=O) groups excluding carboxylic acids is 1. The number of halogens is 3. The molecule has 2 aromatic rings. The Morgan fingerprint density at radius 1 is 0.905 bits per heavy atom. The monoisotopic (exact) mass is 292 g/mol. The third-order valence-corrected chi connectivity index (χ3v) is 3.32. The van der Waals surface area contributed by atoms with Crippen molar-refractivity contribution < 1.29 is 18.0 Å². The summed E-state index contributed by atoms with van der Waals surface area (Å²) >= 11 is 0. The molecule has 1 amide bonds. The fourth-order valence-corrected chi connectivity index (χ4v) is 2.24. The molecule has 1 heterocycles. The Kier molecular flexibility index (Phi) is 3.08. The van der Waals surface area contributed by atoms with Crippen molar-refractivity contribution in [2.45, 2.75) is 12.2 Å². The maximum absolute atomic E-state index is 12.5. The maximum atomic E-state index is 12.5. The molecular weight excluding hydrogens is 281 g/mol. The SMILES string of the molecule is O=C1Nc2ccccc2NC1c1ccc(C(F)(F)F)cc1. The van der Waals surface area contributed by atoms with Gasteiger partial charge < -0.3 is 10.6 Å². The Balaban J connectivity index is 1.89. The van der Waals surface area contributed by atoms with Crippen molar-refractivity contribution in [3.05, 3.63) is 59.7 Å². The van der Waals surface area contributed by atoms with Crippen LogP contribution in [0.3, 0.4) is 0 Å².